The first-order valence-electron chi connectivity index (χ1n) is 6.27. The van der Waals surface area contributed by atoms with Gasteiger partial charge in [-0.15, -0.1) is 11.3 Å². The molecule has 1 aliphatic rings. The van der Waals surface area contributed by atoms with Crippen molar-refractivity contribution in [3.63, 3.8) is 0 Å². The van der Waals surface area contributed by atoms with Crippen molar-refractivity contribution in [2.45, 2.75) is 44.8 Å². The molecule has 1 fully saturated rings. The van der Waals surface area contributed by atoms with E-state index in [1.807, 2.05) is 20.8 Å². The zero-order valence-electron chi connectivity index (χ0n) is 11.6. The normalized spacial score (nSPS) is 15.8. The molecular weight excluding hydrogens is 276 g/mol. The molecule has 1 heterocycles. The Morgan fingerprint density at radius 3 is 2.75 bits per heavy atom. The molecule has 20 heavy (non-hydrogen) atoms. The Hall–Kier alpha value is -1.87. The van der Waals surface area contributed by atoms with Crippen LogP contribution in [0.5, 0.6) is 0 Å². The van der Waals surface area contributed by atoms with Crippen LogP contribution in [0, 0.1) is 11.8 Å². The van der Waals surface area contributed by atoms with Gasteiger partial charge in [-0.25, -0.2) is 9.78 Å². The molecular formula is C14H16N2O3S. The van der Waals surface area contributed by atoms with Crippen LogP contribution in [-0.2, 0) is 4.74 Å². The summed E-state index contributed by atoms with van der Waals surface area (Å²) in [5, 5.41) is 4.91. The summed E-state index contributed by atoms with van der Waals surface area (Å²) in [6.45, 7) is 5.44. The molecule has 0 atom stereocenters. The standard InChI is InChI=1S/C14H16N2O3S/c1-13(2,3)19-12(18)16-14(6-7-14)5-4-10-9-20-11(8-17)15-10/h8-9H,6-7H2,1-3H3,(H,16,18). The third kappa shape index (κ3) is 4.07. The number of amides is 1. The summed E-state index contributed by atoms with van der Waals surface area (Å²) in [4.78, 5) is 26.3. The Morgan fingerprint density at radius 1 is 1.55 bits per heavy atom. The highest BCUT2D eigenvalue weighted by molar-refractivity contribution is 7.11. The maximum atomic E-state index is 11.7. The van der Waals surface area contributed by atoms with Crippen LogP contribution < -0.4 is 5.32 Å². The van der Waals surface area contributed by atoms with Gasteiger partial charge in [0.2, 0.25) is 0 Å². The van der Waals surface area contributed by atoms with Gasteiger partial charge in [0.25, 0.3) is 0 Å². The number of nitrogens with zero attached hydrogens (tertiary/aromatic N) is 1. The van der Waals surface area contributed by atoms with Crippen LogP contribution in [0.15, 0.2) is 5.38 Å². The first-order valence-corrected chi connectivity index (χ1v) is 7.15. The van der Waals surface area contributed by atoms with Gasteiger partial charge < -0.3 is 10.1 Å². The third-order valence-electron chi connectivity index (χ3n) is 2.54. The lowest BCUT2D eigenvalue weighted by Gasteiger charge is -2.21. The molecule has 1 N–H and O–H groups in total. The van der Waals surface area contributed by atoms with Crippen molar-refractivity contribution in [3.05, 3.63) is 16.1 Å². The quantitative estimate of drug-likeness (QED) is 0.671. The van der Waals surface area contributed by atoms with E-state index in [2.05, 4.69) is 22.1 Å². The van der Waals surface area contributed by atoms with Crippen LogP contribution in [0.4, 0.5) is 4.79 Å². The van der Waals surface area contributed by atoms with Gasteiger partial charge in [0.1, 0.15) is 16.8 Å². The minimum atomic E-state index is -0.526. The summed E-state index contributed by atoms with van der Waals surface area (Å²) < 4.78 is 5.21. The average Bonchev–Trinajstić information content (AvgIpc) is 2.92. The molecule has 0 unspecified atom stereocenters. The first-order chi connectivity index (χ1) is 9.32. The summed E-state index contributed by atoms with van der Waals surface area (Å²) in [5.74, 6) is 5.90. The second-order valence-corrected chi connectivity index (χ2v) is 6.54. The molecule has 6 heteroatoms. The van der Waals surface area contributed by atoms with Crippen LogP contribution >= 0.6 is 11.3 Å². The Kier molecular flexibility index (Phi) is 3.82. The Morgan fingerprint density at radius 2 is 2.25 bits per heavy atom. The highest BCUT2D eigenvalue weighted by Gasteiger charge is 2.43. The number of thiazole rings is 1. The highest BCUT2D eigenvalue weighted by atomic mass is 32.1. The van der Waals surface area contributed by atoms with Gasteiger partial charge in [-0.05, 0) is 39.5 Å². The molecule has 1 aliphatic carbocycles. The zero-order chi connectivity index (χ0) is 14.8. The van der Waals surface area contributed by atoms with Crippen molar-refractivity contribution in [2.75, 3.05) is 0 Å². The Labute approximate surface area is 121 Å². The smallest absolute Gasteiger partial charge is 0.408 e. The fourth-order valence-electron chi connectivity index (χ4n) is 1.49. The second-order valence-electron chi connectivity index (χ2n) is 5.65. The lowest BCUT2D eigenvalue weighted by Crippen LogP contribution is -2.39. The van der Waals surface area contributed by atoms with Crippen molar-refractivity contribution < 1.29 is 14.3 Å². The summed E-state index contributed by atoms with van der Waals surface area (Å²) in [7, 11) is 0. The van der Waals surface area contributed by atoms with E-state index < -0.39 is 17.2 Å². The van der Waals surface area contributed by atoms with Crippen LogP contribution in [0.25, 0.3) is 0 Å². The second kappa shape index (κ2) is 5.25. The molecule has 1 saturated carbocycles. The van der Waals surface area contributed by atoms with Gasteiger partial charge in [0.15, 0.2) is 11.3 Å². The van der Waals surface area contributed by atoms with E-state index in [9.17, 15) is 9.59 Å². The van der Waals surface area contributed by atoms with E-state index in [1.54, 1.807) is 5.38 Å². The molecule has 0 saturated heterocycles. The molecule has 0 radical (unpaired) electrons. The van der Waals surface area contributed by atoms with Gasteiger partial charge in [-0.1, -0.05) is 5.92 Å². The summed E-state index contributed by atoms with van der Waals surface area (Å²) >= 11 is 1.25. The number of rotatable bonds is 2. The Bertz CT molecular complexity index is 586. The van der Waals surface area contributed by atoms with Crippen molar-refractivity contribution in [1.29, 1.82) is 0 Å². The molecule has 106 valence electrons. The lowest BCUT2D eigenvalue weighted by molar-refractivity contribution is 0.0510. The molecule has 1 amide bonds. The van der Waals surface area contributed by atoms with Crippen molar-refractivity contribution in [3.8, 4) is 11.8 Å². The van der Waals surface area contributed by atoms with Crippen LogP contribution in [-0.4, -0.2) is 28.5 Å². The van der Waals surface area contributed by atoms with Crippen molar-refractivity contribution in [2.24, 2.45) is 0 Å². The molecule has 2 rings (SSSR count). The SMILES string of the molecule is CC(C)(C)OC(=O)NC1(C#Cc2csc(C=O)n2)CC1. The largest absolute Gasteiger partial charge is 0.444 e. The van der Waals surface area contributed by atoms with E-state index in [4.69, 9.17) is 4.74 Å². The molecule has 0 bridgehead atoms. The number of ether oxygens (including phenoxy) is 1. The van der Waals surface area contributed by atoms with E-state index in [1.165, 1.54) is 11.3 Å². The van der Waals surface area contributed by atoms with Gasteiger partial charge in [0.05, 0.1) is 0 Å². The van der Waals surface area contributed by atoms with Gasteiger partial charge >= 0.3 is 6.09 Å². The maximum absolute atomic E-state index is 11.7. The van der Waals surface area contributed by atoms with Crippen LogP contribution in [0.1, 0.15) is 49.1 Å². The maximum Gasteiger partial charge on any atom is 0.408 e. The number of carbonyl (C=O) groups excluding carboxylic acids is 2. The van der Waals surface area contributed by atoms with Gasteiger partial charge in [0, 0.05) is 5.38 Å². The van der Waals surface area contributed by atoms with Crippen molar-refractivity contribution >= 4 is 23.7 Å². The summed E-state index contributed by atoms with van der Waals surface area (Å²) in [6, 6.07) is 0. The van der Waals surface area contributed by atoms with Gasteiger partial charge in [-0.2, -0.15) is 0 Å². The number of nitrogens with one attached hydrogen (secondary N) is 1. The van der Waals surface area contributed by atoms with Crippen LogP contribution in [0.3, 0.4) is 0 Å². The number of alkyl carbamates (subject to hydrolysis) is 1. The fraction of sp³-hybridized carbons (Fsp3) is 0.500. The molecule has 0 spiro atoms. The van der Waals surface area contributed by atoms with E-state index in [-0.39, 0.29) is 0 Å². The zero-order valence-corrected chi connectivity index (χ0v) is 12.5. The average molecular weight is 292 g/mol. The fourth-order valence-corrected chi connectivity index (χ4v) is 2.04. The summed E-state index contributed by atoms with van der Waals surface area (Å²) in [5.41, 5.74) is -0.483. The minimum Gasteiger partial charge on any atom is -0.444 e. The van der Waals surface area contributed by atoms with Gasteiger partial charge in [-0.3, -0.25) is 4.79 Å². The van der Waals surface area contributed by atoms with Crippen molar-refractivity contribution in [1.82, 2.24) is 10.3 Å². The topological polar surface area (TPSA) is 68.3 Å². The molecule has 1 aromatic rings. The summed E-state index contributed by atoms with van der Waals surface area (Å²) in [6.07, 6.45) is 1.83. The third-order valence-corrected chi connectivity index (χ3v) is 3.31. The minimum absolute atomic E-state index is 0.402. The number of aldehydes is 1. The molecule has 0 aromatic carbocycles. The van der Waals surface area contributed by atoms with Crippen LogP contribution in [0.2, 0.25) is 0 Å². The van der Waals surface area contributed by atoms with E-state index in [0.717, 1.165) is 12.8 Å². The van der Waals surface area contributed by atoms with E-state index in [0.29, 0.717) is 17.0 Å². The Balaban J connectivity index is 1.99. The number of carbonyl (C=O) groups is 2. The predicted molar refractivity (Wildman–Crippen MR) is 75.7 cm³/mol. The van der Waals surface area contributed by atoms with E-state index >= 15 is 0 Å². The molecule has 1 aromatic heterocycles. The molecule has 0 aliphatic heterocycles. The first kappa shape index (κ1) is 14.5. The highest BCUT2D eigenvalue weighted by Crippen LogP contribution is 2.35. The predicted octanol–water partition coefficient (Wildman–Crippen LogP) is 2.36. The monoisotopic (exact) mass is 292 g/mol. The lowest BCUT2D eigenvalue weighted by atomic mass is 10.2. The molecule has 5 nitrogen and oxygen atoms in total. The number of aromatic nitrogens is 1. The number of hydrogen-bond donors (Lipinski definition) is 1. The number of hydrogen-bond acceptors (Lipinski definition) is 5.